The number of carbonyl (C=O) groups excluding carboxylic acids is 1. The summed E-state index contributed by atoms with van der Waals surface area (Å²) in [4.78, 5) is 17.2. The molecule has 0 spiro atoms. The normalized spacial score (nSPS) is 10.6. The largest absolute Gasteiger partial charge is 0.395 e. The molecule has 1 amide bonds. The van der Waals surface area contributed by atoms with Crippen LogP contribution in [0.2, 0.25) is 0 Å². The summed E-state index contributed by atoms with van der Waals surface area (Å²) in [7, 11) is 0. The standard InChI is InChI=1S/C15H19N3O2S/c1-2-8-17(9-10-19)14(20)13-11-16-15(21)18(13)12-6-4-3-5-7-12/h3-7,11,19H,2,8-10H2,1H3,(H,16,21). The topological polar surface area (TPSA) is 61.3 Å². The van der Waals surface area contributed by atoms with Crippen molar-refractivity contribution in [2.75, 3.05) is 19.7 Å². The van der Waals surface area contributed by atoms with Crippen molar-refractivity contribution in [3.8, 4) is 5.69 Å². The predicted octanol–water partition coefficient (Wildman–Crippen LogP) is 2.38. The second-order valence-corrected chi connectivity index (χ2v) is 5.05. The maximum Gasteiger partial charge on any atom is 0.272 e. The minimum absolute atomic E-state index is 0.0533. The quantitative estimate of drug-likeness (QED) is 0.806. The monoisotopic (exact) mass is 305 g/mol. The summed E-state index contributed by atoms with van der Waals surface area (Å²) in [5.74, 6) is -0.137. The second-order valence-electron chi connectivity index (χ2n) is 4.67. The Morgan fingerprint density at radius 1 is 1.33 bits per heavy atom. The van der Waals surface area contributed by atoms with Crippen LogP contribution in [0.3, 0.4) is 0 Å². The lowest BCUT2D eigenvalue weighted by Gasteiger charge is -2.21. The predicted molar refractivity (Wildman–Crippen MR) is 84.2 cm³/mol. The number of nitrogens with zero attached hydrogens (tertiary/aromatic N) is 2. The molecule has 6 heteroatoms. The van der Waals surface area contributed by atoms with Crippen LogP contribution < -0.4 is 0 Å². The number of nitrogens with one attached hydrogen (secondary N) is 1. The molecule has 0 unspecified atom stereocenters. The van der Waals surface area contributed by atoms with Crippen molar-refractivity contribution >= 4 is 18.1 Å². The van der Waals surface area contributed by atoms with Crippen molar-refractivity contribution in [3.63, 3.8) is 0 Å². The number of hydrogen-bond acceptors (Lipinski definition) is 3. The molecule has 2 N–H and O–H groups in total. The van der Waals surface area contributed by atoms with Gasteiger partial charge in [-0.25, -0.2) is 0 Å². The molecule has 0 atom stereocenters. The van der Waals surface area contributed by atoms with Crippen molar-refractivity contribution in [2.45, 2.75) is 13.3 Å². The lowest BCUT2D eigenvalue weighted by Crippen LogP contribution is -2.35. The lowest BCUT2D eigenvalue weighted by molar-refractivity contribution is 0.0714. The van der Waals surface area contributed by atoms with E-state index in [1.54, 1.807) is 15.7 Å². The van der Waals surface area contributed by atoms with Gasteiger partial charge in [0.1, 0.15) is 5.69 Å². The van der Waals surface area contributed by atoms with Crippen LogP contribution in [0.4, 0.5) is 0 Å². The van der Waals surface area contributed by atoms with Gasteiger partial charge in [0.05, 0.1) is 6.61 Å². The van der Waals surface area contributed by atoms with Crippen LogP contribution in [-0.2, 0) is 0 Å². The van der Waals surface area contributed by atoms with Gasteiger partial charge in [0.25, 0.3) is 5.91 Å². The van der Waals surface area contributed by atoms with E-state index in [2.05, 4.69) is 4.98 Å². The third-order valence-electron chi connectivity index (χ3n) is 3.16. The van der Waals surface area contributed by atoms with Gasteiger partial charge in [0.15, 0.2) is 4.77 Å². The highest BCUT2D eigenvalue weighted by atomic mass is 32.1. The first-order chi connectivity index (χ1) is 10.2. The number of benzene rings is 1. The minimum atomic E-state index is -0.137. The number of amides is 1. The van der Waals surface area contributed by atoms with Gasteiger partial charge >= 0.3 is 0 Å². The highest BCUT2D eigenvalue weighted by Crippen LogP contribution is 2.14. The van der Waals surface area contributed by atoms with E-state index in [-0.39, 0.29) is 12.5 Å². The van der Waals surface area contributed by atoms with E-state index >= 15 is 0 Å². The third-order valence-corrected chi connectivity index (χ3v) is 3.46. The van der Waals surface area contributed by atoms with E-state index in [0.717, 1.165) is 12.1 Å². The van der Waals surface area contributed by atoms with Gasteiger partial charge in [-0.15, -0.1) is 0 Å². The molecule has 0 aliphatic heterocycles. The van der Waals surface area contributed by atoms with Crippen LogP contribution in [-0.4, -0.2) is 45.2 Å². The zero-order valence-corrected chi connectivity index (χ0v) is 12.8. The number of aromatic nitrogens is 2. The maximum atomic E-state index is 12.7. The Hall–Kier alpha value is -1.92. The Balaban J connectivity index is 2.41. The van der Waals surface area contributed by atoms with Crippen molar-refractivity contribution in [3.05, 3.63) is 47.0 Å². The van der Waals surface area contributed by atoms with Gasteiger partial charge in [0.2, 0.25) is 0 Å². The fraction of sp³-hybridized carbons (Fsp3) is 0.333. The van der Waals surface area contributed by atoms with Crippen molar-refractivity contribution < 1.29 is 9.90 Å². The van der Waals surface area contributed by atoms with Gasteiger partial charge in [-0.1, -0.05) is 25.1 Å². The summed E-state index contributed by atoms with van der Waals surface area (Å²) in [6, 6.07) is 9.51. The number of para-hydroxylation sites is 1. The maximum absolute atomic E-state index is 12.7. The Labute approximate surface area is 128 Å². The first-order valence-electron chi connectivity index (χ1n) is 6.95. The van der Waals surface area contributed by atoms with E-state index < -0.39 is 0 Å². The van der Waals surface area contributed by atoms with Crippen LogP contribution >= 0.6 is 12.2 Å². The molecule has 0 saturated heterocycles. The molecule has 1 heterocycles. The molecule has 0 fully saturated rings. The smallest absolute Gasteiger partial charge is 0.272 e. The van der Waals surface area contributed by atoms with Crippen molar-refractivity contribution in [1.29, 1.82) is 0 Å². The van der Waals surface area contributed by atoms with Crippen LogP contribution in [0.15, 0.2) is 36.5 Å². The molecule has 21 heavy (non-hydrogen) atoms. The molecule has 0 saturated carbocycles. The molecule has 112 valence electrons. The van der Waals surface area contributed by atoms with E-state index in [9.17, 15) is 4.79 Å². The highest BCUT2D eigenvalue weighted by molar-refractivity contribution is 7.71. The zero-order valence-electron chi connectivity index (χ0n) is 12.0. The summed E-state index contributed by atoms with van der Waals surface area (Å²) in [5.41, 5.74) is 1.32. The number of hydrogen-bond donors (Lipinski definition) is 2. The Morgan fingerprint density at radius 3 is 2.67 bits per heavy atom. The first kappa shape index (κ1) is 15.5. The van der Waals surface area contributed by atoms with E-state index in [0.29, 0.717) is 23.6 Å². The molecule has 0 aliphatic carbocycles. The van der Waals surface area contributed by atoms with Crippen molar-refractivity contribution in [2.24, 2.45) is 0 Å². The van der Waals surface area contributed by atoms with E-state index in [1.165, 1.54) is 0 Å². The summed E-state index contributed by atoms with van der Waals surface area (Å²) in [6.07, 6.45) is 2.46. The Bertz CT molecular complexity index is 642. The molecule has 0 bridgehead atoms. The summed E-state index contributed by atoms with van der Waals surface area (Å²) >= 11 is 5.28. The average Bonchev–Trinajstić information content (AvgIpc) is 2.89. The Morgan fingerprint density at radius 2 is 2.05 bits per heavy atom. The SMILES string of the molecule is CCCN(CCO)C(=O)c1c[nH]c(=S)n1-c1ccccc1. The van der Waals surface area contributed by atoms with Gasteiger partial charge in [0, 0.05) is 25.0 Å². The number of aliphatic hydroxyl groups is 1. The fourth-order valence-electron chi connectivity index (χ4n) is 2.23. The van der Waals surface area contributed by atoms with Gasteiger partial charge < -0.3 is 15.0 Å². The number of H-pyrrole nitrogens is 1. The number of aliphatic hydroxyl groups excluding tert-OH is 1. The summed E-state index contributed by atoms with van der Waals surface area (Å²) < 4.78 is 2.20. The van der Waals surface area contributed by atoms with Crippen LogP contribution in [0.1, 0.15) is 23.8 Å². The molecule has 5 nitrogen and oxygen atoms in total. The second kappa shape index (κ2) is 7.19. The van der Waals surface area contributed by atoms with Crippen LogP contribution in [0.5, 0.6) is 0 Å². The Kier molecular flexibility index (Phi) is 5.30. The molecule has 2 rings (SSSR count). The van der Waals surface area contributed by atoms with Crippen molar-refractivity contribution in [1.82, 2.24) is 14.5 Å². The zero-order chi connectivity index (χ0) is 15.2. The van der Waals surface area contributed by atoms with Crippen LogP contribution in [0, 0.1) is 4.77 Å². The number of imidazole rings is 1. The van der Waals surface area contributed by atoms with Gasteiger partial charge in [-0.2, -0.15) is 0 Å². The molecule has 1 aromatic heterocycles. The van der Waals surface area contributed by atoms with Gasteiger partial charge in [-0.05, 0) is 30.8 Å². The molecule has 1 aromatic carbocycles. The molecule has 0 radical (unpaired) electrons. The van der Waals surface area contributed by atoms with E-state index in [1.807, 2.05) is 37.3 Å². The van der Waals surface area contributed by atoms with E-state index in [4.69, 9.17) is 17.3 Å². The number of carbonyl (C=O) groups is 1. The molecule has 0 aliphatic rings. The fourth-order valence-corrected chi connectivity index (χ4v) is 2.49. The minimum Gasteiger partial charge on any atom is -0.395 e. The summed E-state index contributed by atoms with van der Waals surface area (Å²) in [6.45, 7) is 2.87. The molecular formula is C15H19N3O2S. The first-order valence-corrected chi connectivity index (χ1v) is 7.35. The highest BCUT2D eigenvalue weighted by Gasteiger charge is 2.19. The average molecular weight is 305 g/mol. The van der Waals surface area contributed by atoms with Crippen LogP contribution in [0.25, 0.3) is 5.69 Å². The third kappa shape index (κ3) is 3.40. The lowest BCUT2D eigenvalue weighted by atomic mass is 10.3. The molecular weight excluding hydrogens is 286 g/mol. The number of rotatable bonds is 6. The number of aromatic amines is 1. The molecule has 2 aromatic rings. The summed E-state index contributed by atoms with van der Waals surface area (Å²) in [5, 5.41) is 9.12. The van der Waals surface area contributed by atoms with Gasteiger partial charge in [-0.3, -0.25) is 9.36 Å².